The minimum absolute atomic E-state index is 0.00302. The first-order valence-corrected chi connectivity index (χ1v) is 6.95. The zero-order valence-corrected chi connectivity index (χ0v) is 11.7. The summed E-state index contributed by atoms with van der Waals surface area (Å²) in [6.07, 6.45) is 1.39. The lowest BCUT2D eigenvalue weighted by Gasteiger charge is -2.04. The van der Waals surface area contributed by atoms with E-state index in [-0.39, 0.29) is 11.9 Å². The lowest BCUT2D eigenvalue weighted by atomic mass is 10.0. The summed E-state index contributed by atoms with van der Waals surface area (Å²) in [7, 11) is 0. The van der Waals surface area contributed by atoms with Gasteiger partial charge in [0.2, 0.25) is 11.7 Å². The maximum atomic E-state index is 13.8. The van der Waals surface area contributed by atoms with E-state index in [2.05, 4.69) is 10.1 Å². The minimum atomic E-state index is -0.258. The lowest BCUT2D eigenvalue weighted by Crippen LogP contribution is -2.21. The zero-order valence-electron chi connectivity index (χ0n) is 11.7. The van der Waals surface area contributed by atoms with Crippen LogP contribution in [0, 0.1) is 5.82 Å². The third-order valence-corrected chi connectivity index (χ3v) is 3.54. The van der Waals surface area contributed by atoms with E-state index in [4.69, 9.17) is 10.3 Å². The molecule has 1 unspecified atom stereocenters. The van der Waals surface area contributed by atoms with Gasteiger partial charge < -0.3 is 10.3 Å². The summed E-state index contributed by atoms with van der Waals surface area (Å²) in [4.78, 5) is 4.37. The van der Waals surface area contributed by atoms with E-state index in [1.165, 1.54) is 6.07 Å². The van der Waals surface area contributed by atoms with Gasteiger partial charge >= 0.3 is 0 Å². The van der Waals surface area contributed by atoms with Crippen molar-refractivity contribution >= 4 is 10.8 Å². The van der Waals surface area contributed by atoms with Gasteiger partial charge in [-0.25, -0.2) is 4.39 Å². The summed E-state index contributed by atoms with van der Waals surface area (Å²) >= 11 is 0. The van der Waals surface area contributed by atoms with E-state index in [0.717, 1.165) is 17.4 Å². The lowest BCUT2D eigenvalue weighted by molar-refractivity contribution is 0.368. The van der Waals surface area contributed by atoms with E-state index >= 15 is 0 Å². The molecule has 0 amide bonds. The van der Waals surface area contributed by atoms with E-state index in [1.54, 1.807) is 18.2 Å². The quantitative estimate of drug-likeness (QED) is 0.798. The fourth-order valence-corrected chi connectivity index (χ4v) is 2.27. The Morgan fingerprint density at radius 3 is 2.71 bits per heavy atom. The zero-order chi connectivity index (χ0) is 14.8. The molecule has 1 atom stereocenters. The predicted octanol–water partition coefficient (Wildman–Crippen LogP) is 3.31. The Balaban J connectivity index is 2.03. The molecule has 0 radical (unpaired) electrons. The van der Waals surface area contributed by atoms with Crippen LogP contribution in [0.25, 0.3) is 22.2 Å². The standard InChI is InChI=1S/C16H16FN3O/c1-2-10(18)9-15-19-16(20-21-15)13-7-8-14(17)12-6-4-3-5-11(12)13/h3-8,10H,2,9,18H2,1H3. The number of benzene rings is 2. The molecular formula is C16H16FN3O. The Labute approximate surface area is 121 Å². The third-order valence-electron chi connectivity index (χ3n) is 3.54. The summed E-state index contributed by atoms with van der Waals surface area (Å²) in [6.45, 7) is 2.01. The number of halogens is 1. The molecule has 0 fully saturated rings. The summed E-state index contributed by atoms with van der Waals surface area (Å²) in [6, 6.07) is 10.3. The van der Waals surface area contributed by atoms with Crippen LogP contribution in [0.1, 0.15) is 19.2 Å². The Morgan fingerprint density at radius 2 is 1.95 bits per heavy atom. The first-order valence-electron chi connectivity index (χ1n) is 6.95. The molecule has 0 saturated carbocycles. The second kappa shape index (κ2) is 5.61. The molecule has 1 aromatic heterocycles. The molecule has 0 aliphatic rings. The van der Waals surface area contributed by atoms with Crippen molar-refractivity contribution in [1.29, 1.82) is 0 Å². The molecule has 2 N–H and O–H groups in total. The summed E-state index contributed by atoms with van der Waals surface area (Å²) < 4.78 is 19.1. The summed E-state index contributed by atoms with van der Waals surface area (Å²) in [5, 5.41) is 5.31. The first kappa shape index (κ1) is 13.7. The van der Waals surface area contributed by atoms with Gasteiger partial charge in [-0.3, -0.25) is 0 Å². The monoisotopic (exact) mass is 285 g/mol. The first-order chi connectivity index (χ1) is 10.2. The number of nitrogens with zero attached hydrogens (tertiary/aromatic N) is 2. The van der Waals surface area contributed by atoms with Crippen LogP contribution >= 0.6 is 0 Å². The van der Waals surface area contributed by atoms with Crippen LogP contribution in [-0.4, -0.2) is 16.2 Å². The fraction of sp³-hybridized carbons (Fsp3) is 0.250. The summed E-state index contributed by atoms with van der Waals surface area (Å²) in [5.74, 6) is 0.711. The van der Waals surface area contributed by atoms with Crippen LogP contribution in [-0.2, 0) is 6.42 Å². The van der Waals surface area contributed by atoms with Crippen LogP contribution < -0.4 is 5.73 Å². The number of rotatable bonds is 4. The predicted molar refractivity (Wildman–Crippen MR) is 79.2 cm³/mol. The Hall–Kier alpha value is -2.27. The van der Waals surface area contributed by atoms with Crippen molar-refractivity contribution in [2.75, 3.05) is 0 Å². The van der Waals surface area contributed by atoms with E-state index in [9.17, 15) is 4.39 Å². The minimum Gasteiger partial charge on any atom is -0.339 e. The Morgan fingerprint density at radius 1 is 1.19 bits per heavy atom. The fourth-order valence-electron chi connectivity index (χ4n) is 2.27. The molecule has 0 bridgehead atoms. The Kier molecular flexibility index (Phi) is 3.66. The van der Waals surface area contributed by atoms with Gasteiger partial charge in [0.05, 0.1) is 0 Å². The maximum absolute atomic E-state index is 13.8. The maximum Gasteiger partial charge on any atom is 0.228 e. The molecule has 1 heterocycles. The van der Waals surface area contributed by atoms with Gasteiger partial charge in [0.25, 0.3) is 0 Å². The van der Waals surface area contributed by atoms with Crippen molar-refractivity contribution in [3.63, 3.8) is 0 Å². The SMILES string of the molecule is CCC(N)Cc1nc(-c2ccc(F)c3ccccc23)no1. The molecule has 2 aromatic carbocycles. The van der Waals surface area contributed by atoms with Crippen molar-refractivity contribution in [3.8, 4) is 11.4 Å². The number of nitrogens with two attached hydrogens (primary N) is 1. The van der Waals surface area contributed by atoms with Crippen molar-refractivity contribution in [1.82, 2.24) is 10.1 Å². The van der Waals surface area contributed by atoms with Crippen LogP contribution in [0.15, 0.2) is 40.9 Å². The van der Waals surface area contributed by atoms with Crippen LogP contribution in [0.3, 0.4) is 0 Å². The molecule has 3 aromatic rings. The van der Waals surface area contributed by atoms with E-state index in [0.29, 0.717) is 23.5 Å². The normalized spacial score (nSPS) is 12.7. The van der Waals surface area contributed by atoms with Gasteiger partial charge in [0, 0.05) is 23.4 Å². The topological polar surface area (TPSA) is 64.9 Å². The number of hydrogen-bond acceptors (Lipinski definition) is 4. The van der Waals surface area contributed by atoms with Crippen molar-refractivity contribution in [2.24, 2.45) is 5.73 Å². The highest BCUT2D eigenvalue weighted by molar-refractivity contribution is 5.95. The van der Waals surface area contributed by atoms with Gasteiger partial charge in [0.15, 0.2) is 0 Å². The third kappa shape index (κ3) is 2.64. The largest absolute Gasteiger partial charge is 0.339 e. The molecule has 0 aliphatic heterocycles. The molecule has 0 saturated heterocycles. The molecule has 5 heteroatoms. The molecule has 108 valence electrons. The molecule has 3 rings (SSSR count). The average molecular weight is 285 g/mol. The molecule has 0 spiro atoms. The smallest absolute Gasteiger partial charge is 0.228 e. The number of fused-ring (bicyclic) bond motifs is 1. The van der Waals surface area contributed by atoms with E-state index < -0.39 is 0 Å². The van der Waals surface area contributed by atoms with E-state index in [1.807, 2.05) is 19.1 Å². The van der Waals surface area contributed by atoms with Crippen molar-refractivity contribution in [2.45, 2.75) is 25.8 Å². The molecular weight excluding hydrogens is 269 g/mol. The highest BCUT2D eigenvalue weighted by atomic mass is 19.1. The van der Waals surface area contributed by atoms with Crippen LogP contribution in [0.4, 0.5) is 4.39 Å². The van der Waals surface area contributed by atoms with Gasteiger partial charge in [-0.2, -0.15) is 4.98 Å². The van der Waals surface area contributed by atoms with Gasteiger partial charge in [-0.15, -0.1) is 0 Å². The molecule has 4 nitrogen and oxygen atoms in total. The second-order valence-electron chi connectivity index (χ2n) is 5.02. The van der Waals surface area contributed by atoms with Crippen LogP contribution in [0.2, 0.25) is 0 Å². The molecule has 0 aliphatic carbocycles. The van der Waals surface area contributed by atoms with Crippen molar-refractivity contribution < 1.29 is 8.91 Å². The number of aromatic nitrogens is 2. The highest BCUT2D eigenvalue weighted by Crippen LogP contribution is 2.28. The number of hydrogen-bond donors (Lipinski definition) is 1. The Bertz CT molecular complexity index is 769. The van der Waals surface area contributed by atoms with Crippen LogP contribution in [0.5, 0.6) is 0 Å². The molecule has 21 heavy (non-hydrogen) atoms. The second-order valence-corrected chi connectivity index (χ2v) is 5.02. The highest BCUT2D eigenvalue weighted by Gasteiger charge is 2.14. The van der Waals surface area contributed by atoms with Gasteiger partial charge in [-0.05, 0) is 23.9 Å². The van der Waals surface area contributed by atoms with Gasteiger partial charge in [-0.1, -0.05) is 36.3 Å². The summed E-state index contributed by atoms with van der Waals surface area (Å²) in [5.41, 5.74) is 6.64. The van der Waals surface area contributed by atoms with Gasteiger partial charge in [0.1, 0.15) is 5.82 Å². The van der Waals surface area contributed by atoms with Crippen molar-refractivity contribution in [3.05, 3.63) is 48.1 Å². The average Bonchev–Trinajstić information content (AvgIpc) is 2.96.